The quantitative estimate of drug-likeness (QED) is 0.725. The van der Waals surface area contributed by atoms with Crippen molar-refractivity contribution in [1.82, 2.24) is 4.90 Å². The number of aryl methyl sites for hydroxylation is 1. The number of piperazine rings is 1. The Balaban J connectivity index is 1.39. The molecule has 1 unspecified atom stereocenters. The van der Waals surface area contributed by atoms with Crippen molar-refractivity contribution in [3.8, 4) is 0 Å². The number of likely N-dealkylation sites (N-methyl/N-ethyl adjacent to an activating group) is 1. The summed E-state index contributed by atoms with van der Waals surface area (Å²) in [5, 5.41) is 3.05. The topological polar surface area (TPSA) is 55.9 Å². The molecule has 0 aromatic heterocycles. The molecule has 2 amide bonds. The van der Waals surface area contributed by atoms with E-state index in [4.69, 9.17) is 0 Å². The average Bonchev–Trinajstić information content (AvgIpc) is 3.17. The summed E-state index contributed by atoms with van der Waals surface area (Å²) in [6, 6.07) is 14.1. The van der Waals surface area contributed by atoms with E-state index in [0.29, 0.717) is 6.54 Å². The fourth-order valence-corrected chi connectivity index (χ4v) is 4.59. The fourth-order valence-electron chi connectivity index (χ4n) is 4.18. The van der Waals surface area contributed by atoms with Gasteiger partial charge in [0, 0.05) is 61.1 Å². The van der Waals surface area contributed by atoms with E-state index in [2.05, 4.69) is 34.3 Å². The van der Waals surface area contributed by atoms with Crippen molar-refractivity contribution < 1.29 is 9.59 Å². The summed E-state index contributed by atoms with van der Waals surface area (Å²) in [7, 11) is 2.15. The number of thioether (sulfide) groups is 1. The third-order valence-corrected chi connectivity index (χ3v) is 6.96. The third-order valence-electron chi connectivity index (χ3n) is 6.22. The molecule has 2 saturated heterocycles. The molecule has 2 aromatic rings. The molecule has 0 spiro atoms. The van der Waals surface area contributed by atoms with Crippen LogP contribution in [0, 0.1) is 12.8 Å². The largest absolute Gasteiger partial charge is 0.369 e. The van der Waals surface area contributed by atoms with Gasteiger partial charge in [0.15, 0.2) is 0 Å². The van der Waals surface area contributed by atoms with Crippen LogP contribution < -0.4 is 15.1 Å². The van der Waals surface area contributed by atoms with E-state index in [1.807, 2.05) is 43.5 Å². The Morgan fingerprint density at radius 1 is 1.03 bits per heavy atom. The van der Waals surface area contributed by atoms with E-state index >= 15 is 0 Å². The Morgan fingerprint density at radius 2 is 1.71 bits per heavy atom. The molecule has 2 aliphatic heterocycles. The lowest BCUT2D eigenvalue weighted by Crippen LogP contribution is -2.44. The second-order valence-electron chi connectivity index (χ2n) is 8.38. The van der Waals surface area contributed by atoms with E-state index in [0.717, 1.165) is 48.0 Å². The number of anilines is 3. The Labute approximate surface area is 188 Å². The zero-order valence-corrected chi connectivity index (χ0v) is 19.2. The standard InChI is InChI=1S/C24H30N4O2S/c1-17-14-20(27-12-10-26(2)11-13-27)6-9-22(17)25-24(30)18-15-23(29)28(16-18)19-4-7-21(31-3)8-5-19/h4-9,14,18H,10-13,15-16H2,1-3H3,(H,25,30). The van der Waals surface area contributed by atoms with Gasteiger partial charge >= 0.3 is 0 Å². The Kier molecular flexibility index (Phi) is 6.53. The number of hydrogen-bond donors (Lipinski definition) is 1. The Morgan fingerprint density at radius 3 is 2.35 bits per heavy atom. The van der Waals surface area contributed by atoms with Crippen LogP contribution in [-0.2, 0) is 9.59 Å². The van der Waals surface area contributed by atoms with Crippen molar-refractivity contribution in [2.45, 2.75) is 18.2 Å². The molecule has 4 rings (SSSR count). The molecule has 2 fully saturated rings. The SMILES string of the molecule is CSc1ccc(N2CC(C(=O)Nc3ccc(N4CCN(C)CC4)cc3C)CC2=O)cc1. The zero-order valence-electron chi connectivity index (χ0n) is 18.4. The number of benzene rings is 2. The van der Waals surface area contributed by atoms with Crippen LogP contribution in [0.15, 0.2) is 47.4 Å². The molecule has 0 radical (unpaired) electrons. The van der Waals surface area contributed by atoms with Crippen molar-refractivity contribution in [2.75, 3.05) is 61.1 Å². The summed E-state index contributed by atoms with van der Waals surface area (Å²) in [5.41, 5.74) is 3.90. The van der Waals surface area contributed by atoms with Gasteiger partial charge in [0.1, 0.15) is 0 Å². The van der Waals surface area contributed by atoms with E-state index < -0.39 is 0 Å². The van der Waals surface area contributed by atoms with Gasteiger partial charge in [0.25, 0.3) is 0 Å². The molecule has 1 N–H and O–H groups in total. The first-order chi connectivity index (χ1) is 14.9. The van der Waals surface area contributed by atoms with Crippen molar-refractivity contribution in [3.05, 3.63) is 48.0 Å². The van der Waals surface area contributed by atoms with E-state index in [9.17, 15) is 9.59 Å². The number of carbonyl (C=O) groups excluding carboxylic acids is 2. The predicted octanol–water partition coefficient (Wildman–Crippen LogP) is 3.46. The van der Waals surface area contributed by atoms with Gasteiger partial charge in [0.2, 0.25) is 11.8 Å². The van der Waals surface area contributed by atoms with Crippen molar-refractivity contribution in [2.24, 2.45) is 5.92 Å². The highest BCUT2D eigenvalue weighted by molar-refractivity contribution is 7.98. The molecular formula is C24H30N4O2S. The maximum Gasteiger partial charge on any atom is 0.229 e. The monoisotopic (exact) mass is 438 g/mol. The molecule has 31 heavy (non-hydrogen) atoms. The number of carbonyl (C=O) groups is 2. The first-order valence-electron chi connectivity index (χ1n) is 10.7. The summed E-state index contributed by atoms with van der Waals surface area (Å²) >= 11 is 1.67. The minimum absolute atomic E-state index is 0.000752. The lowest BCUT2D eigenvalue weighted by Gasteiger charge is -2.34. The van der Waals surface area contributed by atoms with Crippen LogP contribution in [-0.4, -0.2) is 62.7 Å². The maximum absolute atomic E-state index is 12.9. The molecule has 7 heteroatoms. The van der Waals surface area contributed by atoms with Gasteiger partial charge in [-0.1, -0.05) is 0 Å². The molecule has 0 saturated carbocycles. The molecule has 2 aromatic carbocycles. The highest BCUT2D eigenvalue weighted by Gasteiger charge is 2.35. The van der Waals surface area contributed by atoms with Gasteiger partial charge < -0.3 is 20.0 Å². The first-order valence-corrected chi connectivity index (χ1v) is 12.0. The van der Waals surface area contributed by atoms with Crippen molar-refractivity contribution in [3.63, 3.8) is 0 Å². The smallest absolute Gasteiger partial charge is 0.229 e. The number of hydrogen-bond acceptors (Lipinski definition) is 5. The highest BCUT2D eigenvalue weighted by Crippen LogP contribution is 2.29. The van der Waals surface area contributed by atoms with E-state index in [1.54, 1.807) is 16.7 Å². The molecule has 1 atom stereocenters. The molecule has 0 bridgehead atoms. The number of rotatable bonds is 5. The predicted molar refractivity (Wildman–Crippen MR) is 128 cm³/mol. The summed E-state index contributed by atoms with van der Waals surface area (Å²) in [4.78, 5) is 33.0. The molecule has 2 aliphatic rings. The third kappa shape index (κ3) is 4.88. The van der Waals surface area contributed by atoms with E-state index in [-0.39, 0.29) is 24.2 Å². The summed E-state index contributed by atoms with van der Waals surface area (Å²) in [6.45, 7) is 6.59. The van der Waals surface area contributed by atoms with Crippen molar-refractivity contribution in [1.29, 1.82) is 0 Å². The molecule has 0 aliphatic carbocycles. The Hall–Kier alpha value is -2.51. The van der Waals surface area contributed by atoms with Gasteiger partial charge in [-0.15, -0.1) is 11.8 Å². The maximum atomic E-state index is 12.9. The van der Waals surface area contributed by atoms with E-state index in [1.165, 1.54) is 5.69 Å². The summed E-state index contributed by atoms with van der Waals surface area (Å²) < 4.78 is 0. The van der Waals surface area contributed by atoms with Gasteiger partial charge in [-0.2, -0.15) is 0 Å². The van der Waals surface area contributed by atoms with Gasteiger partial charge in [-0.3, -0.25) is 9.59 Å². The molecule has 2 heterocycles. The average molecular weight is 439 g/mol. The molecule has 6 nitrogen and oxygen atoms in total. The highest BCUT2D eigenvalue weighted by atomic mass is 32.2. The van der Waals surface area contributed by atoms with Crippen molar-refractivity contribution >= 4 is 40.6 Å². The summed E-state index contributed by atoms with van der Waals surface area (Å²) in [6.07, 6.45) is 2.27. The van der Waals surface area contributed by atoms with Crippen LogP contribution in [0.2, 0.25) is 0 Å². The second kappa shape index (κ2) is 9.32. The van der Waals surface area contributed by atoms with Crippen LogP contribution in [0.3, 0.4) is 0 Å². The van der Waals surface area contributed by atoms with Gasteiger partial charge in [-0.05, 0) is 68.3 Å². The van der Waals surface area contributed by atoms with Crippen LogP contribution in [0.4, 0.5) is 17.1 Å². The first kappa shape index (κ1) is 21.7. The summed E-state index contributed by atoms with van der Waals surface area (Å²) in [5.74, 6) is -0.435. The van der Waals surface area contributed by atoms with Crippen LogP contribution >= 0.6 is 11.8 Å². The fraction of sp³-hybridized carbons (Fsp3) is 0.417. The van der Waals surface area contributed by atoms with Crippen LogP contribution in [0.5, 0.6) is 0 Å². The zero-order chi connectivity index (χ0) is 22.0. The second-order valence-corrected chi connectivity index (χ2v) is 9.26. The molecular weight excluding hydrogens is 408 g/mol. The minimum Gasteiger partial charge on any atom is -0.369 e. The van der Waals surface area contributed by atoms with Crippen LogP contribution in [0.25, 0.3) is 0 Å². The minimum atomic E-state index is -0.343. The number of nitrogens with one attached hydrogen (secondary N) is 1. The Bertz CT molecular complexity index is 955. The van der Waals surface area contributed by atoms with Gasteiger partial charge in [0.05, 0.1) is 5.92 Å². The number of nitrogens with zero attached hydrogens (tertiary/aromatic N) is 3. The number of amides is 2. The van der Waals surface area contributed by atoms with Gasteiger partial charge in [-0.25, -0.2) is 0 Å². The van der Waals surface area contributed by atoms with Crippen LogP contribution in [0.1, 0.15) is 12.0 Å². The lowest BCUT2D eigenvalue weighted by atomic mass is 10.1. The normalized spacial score (nSPS) is 19.7. The lowest BCUT2D eigenvalue weighted by molar-refractivity contribution is -0.122. The molecule has 164 valence electrons.